The number of carbonyl (C=O) groups is 1. The van der Waals surface area contributed by atoms with Crippen LogP contribution < -0.4 is 5.32 Å². The maximum atomic E-state index is 12.1. The van der Waals surface area contributed by atoms with Crippen LogP contribution in [0.25, 0.3) is 0 Å². The van der Waals surface area contributed by atoms with Gasteiger partial charge in [-0.2, -0.15) is 29.3 Å². The van der Waals surface area contributed by atoms with Crippen LogP contribution in [0.1, 0.15) is 37.8 Å². The Balaban J connectivity index is 0.00000400. The summed E-state index contributed by atoms with van der Waals surface area (Å²) < 4.78 is 6.27. The average Bonchev–Trinajstić information content (AvgIpc) is 2.44. The second-order valence-corrected chi connectivity index (χ2v) is 5.71. The van der Waals surface area contributed by atoms with Crippen LogP contribution in [-0.4, -0.2) is 25.2 Å². The van der Waals surface area contributed by atoms with E-state index in [-0.39, 0.29) is 44.7 Å². The molecule has 1 rings (SSSR count). The Kier molecular flexibility index (Phi) is 11.9. The van der Waals surface area contributed by atoms with E-state index in [2.05, 4.69) is 34.2 Å². The molecule has 0 fully saturated rings. The summed E-state index contributed by atoms with van der Waals surface area (Å²) in [6, 6.07) is 6.88. The molecule has 115 valence electrons. The molecule has 0 saturated heterocycles. The first-order valence-corrected chi connectivity index (χ1v) is 7.94. The molecule has 0 aromatic heterocycles. The van der Waals surface area contributed by atoms with Crippen LogP contribution >= 0.6 is 15.9 Å². The van der Waals surface area contributed by atoms with E-state index in [0.717, 1.165) is 35.0 Å². The van der Waals surface area contributed by atoms with Crippen molar-refractivity contribution in [3.63, 3.8) is 0 Å². The number of carbonyl (C=O) groups excluding carboxylic acids is 1. The minimum Gasteiger partial charge on any atom is -0.465 e. The van der Waals surface area contributed by atoms with Crippen LogP contribution in [0.2, 0.25) is 0 Å². The number of aryl methyl sites for hydroxylation is 1. The van der Waals surface area contributed by atoms with E-state index < -0.39 is 0 Å². The number of benzene rings is 1. The molecule has 0 aliphatic rings. The molecule has 1 atom stereocenters. The molecule has 0 spiro atoms. The van der Waals surface area contributed by atoms with Gasteiger partial charge in [0.15, 0.2) is 0 Å². The minimum absolute atomic E-state index is 0. The third-order valence-corrected chi connectivity index (χ3v) is 3.78. The maximum Gasteiger partial charge on any atom is 0.322 e. The molecule has 0 saturated carbocycles. The molecular formula is C16H23BrNO2Y-. The standard InChI is InChI=1S/C16H23BrNO2.Y/c1-4-8-18-15(16(19)20-9-5-2)11-13-7-6-12(3)14(17)10-13;/h7,10,15,18H,4-5,8-9,11H2,1-3H3;/q-1;/t15-;/m0./s1. The van der Waals surface area contributed by atoms with Gasteiger partial charge in [-0.05, 0) is 25.8 Å². The predicted molar refractivity (Wildman–Crippen MR) is 84.8 cm³/mol. The van der Waals surface area contributed by atoms with Crippen molar-refractivity contribution in [3.8, 4) is 0 Å². The van der Waals surface area contributed by atoms with Gasteiger partial charge in [0.1, 0.15) is 0 Å². The summed E-state index contributed by atoms with van der Waals surface area (Å²) in [7, 11) is 0. The van der Waals surface area contributed by atoms with Gasteiger partial charge in [0.25, 0.3) is 0 Å². The van der Waals surface area contributed by atoms with E-state index in [4.69, 9.17) is 4.74 Å². The molecule has 0 aliphatic heterocycles. The van der Waals surface area contributed by atoms with Gasteiger partial charge in [-0.25, -0.2) is 0 Å². The van der Waals surface area contributed by atoms with Crippen molar-refractivity contribution in [1.29, 1.82) is 0 Å². The third kappa shape index (κ3) is 7.87. The number of halogens is 1. The Hall–Kier alpha value is 0.234. The molecule has 1 aromatic carbocycles. The summed E-state index contributed by atoms with van der Waals surface area (Å²) in [6.45, 7) is 7.36. The number of rotatable bonds is 8. The van der Waals surface area contributed by atoms with Crippen LogP contribution in [0.5, 0.6) is 0 Å². The largest absolute Gasteiger partial charge is 0.465 e. The topological polar surface area (TPSA) is 38.3 Å². The Bertz CT molecular complexity index is 440. The Morgan fingerprint density at radius 2 is 2.14 bits per heavy atom. The van der Waals surface area contributed by atoms with Gasteiger partial charge in [0, 0.05) is 32.7 Å². The minimum atomic E-state index is -0.287. The van der Waals surface area contributed by atoms with Gasteiger partial charge in [0.2, 0.25) is 0 Å². The van der Waals surface area contributed by atoms with E-state index in [0.29, 0.717) is 13.0 Å². The first kappa shape index (κ1) is 21.2. The molecule has 1 N–H and O–H groups in total. The van der Waals surface area contributed by atoms with Gasteiger partial charge in [0.05, 0.1) is 12.6 Å². The first-order chi connectivity index (χ1) is 9.58. The molecule has 0 amide bonds. The van der Waals surface area contributed by atoms with Gasteiger partial charge >= 0.3 is 5.97 Å². The number of esters is 1. The molecule has 1 aromatic rings. The summed E-state index contributed by atoms with van der Waals surface area (Å²) in [5, 5.41) is 3.26. The quantitative estimate of drug-likeness (QED) is 0.508. The van der Waals surface area contributed by atoms with Gasteiger partial charge in [-0.3, -0.25) is 4.79 Å². The zero-order chi connectivity index (χ0) is 15.0. The van der Waals surface area contributed by atoms with Gasteiger partial charge in [-0.1, -0.05) is 25.2 Å². The Morgan fingerprint density at radius 3 is 2.71 bits per heavy atom. The summed E-state index contributed by atoms with van der Waals surface area (Å²) >= 11 is 3.50. The smallest absolute Gasteiger partial charge is 0.322 e. The van der Waals surface area contributed by atoms with Crippen LogP contribution in [0.4, 0.5) is 0 Å². The van der Waals surface area contributed by atoms with Crippen molar-refractivity contribution < 1.29 is 42.2 Å². The Labute approximate surface area is 161 Å². The monoisotopic (exact) mass is 429 g/mol. The van der Waals surface area contributed by atoms with E-state index in [9.17, 15) is 4.79 Å². The van der Waals surface area contributed by atoms with E-state index >= 15 is 0 Å². The molecule has 21 heavy (non-hydrogen) atoms. The van der Waals surface area contributed by atoms with Crippen molar-refractivity contribution in [1.82, 2.24) is 5.32 Å². The first-order valence-electron chi connectivity index (χ1n) is 7.15. The van der Waals surface area contributed by atoms with E-state index in [1.54, 1.807) is 0 Å². The second-order valence-electron chi connectivity index (χ2n) is 4.86. The molecule has 0 heterocycles. The molecule has 0 bridgehead atoms. The van der Waals surface area contributed by atoms with Crippen molar-refractivity contribution in [2.75, 3.05) is 13.2 Å². The van der Waals surface area contributed by atoms with Gasteiger partial charge < -0.3 is 10.1 Å². The summed E-state index contributed by atoms with van der Waals surface area (Å²) in [5.41, 5.74) is 2.14. The normalized spacial score (nSPS) is 11.6. The molecule has 0 unspecified atom stereocenters. The number of ether oxygens (including phenoxy) is 1. The molecule has 5 heteroatoms. The summed E-state index contributed by atoms with van der Waals surface area (Å²) in [5.74, 6) is -0.169. The number of hydrogen-bond acceptors (Lipinski definition) is 3. The average molecular weight is 430 g/mol. The van der Waals surface area contributed by atoms with Crippen LogP contribution in [0.15, 0.2) is 16.6 Å². The molecule has 0 aliphatic carbocycles. The fourth-order valence-corrected chi connectivity index (χ4v) is 2.21. The van der Waals surface area contributed by atoms with Crippen molar-refractivity contribution in [3.05, 3.63) is 33.8 Å². The zero-order valence-electron chi connectivity index (χ0n) is 13.0. The third-order valence-electron chi connectivity index (χ3n) is 2.96. The zero-order valence-corrected chi connectivity index (χ0v) is 17.5. The fourth-order valence-electron chi connectivity index (χ4n) is 1.80. The van der Waals surface area contributed by atoms with E-state index in [1.807, 2.05) is 26.0 Å². The van der Waals surface area contributed by atoms with Gasteiger partial charge in [-0.15, -0.1) is 15.9 Å². The predicted octanol–water partition coefficient (Wildman–Crippen LogP) is 3.42. The summed E-state index contributed by atoms with van der Waals surface area (Å²) in [4.78, 5) is 12.1. The molecular weight excluding hydrogens is 407 g/mol. The Morgan fingerprint density at radius 1 is 1.43 bits per heavy atom. The van der Waals surface area contributed by atoms with E-state index in [1.165, 1.54) is 0 Å². The van der Waals surface area contributed by atoms with Crippen molar-refractivity contribution in [2.45, 2.75) is 46.1 Å². The number of hydrogen-bond donors (Lipinski definition) is 1. The van der Waals surface area contributed by atoms with Crippen LogP contribution in [0.3, 0.4) is 0 Å². The molecule has 3 nitrogen and oxygen atoms in total. The summed E-state index contributed by atoms with van der Waals surface area (Å²) in [6.07, 6.45) is 2.45. The van der Waals surface area contributed by atoms with Crippen LogP contribution in [-0.2, 0) is 48.7 Å². The van der Waals surface area contributed by atoms with Crippen molar-refractivity contribution in [2.24, 2.45) is 0 Å². The van der Waals surface area contributed by atoms with Crippen molar-refractivity contribution >= 4 is 21.9 Å². The number of nitrogens with one attached hydrogen (secondary N) is 1. The maximum absolute atomic E-state index is 12.1. The van der Waals surface area contributed by atoms with Crippen LogP contribution in [0, 0.1) is 13.0 Å². The molecule has 1 radical (unpaired) electrons. The SMILES string of the molecule is CCCN[C@@H](Cc1c[c-]c(C)c(Br)c1)C(=O)OCCC.[Y]. The fraction of sp³-hybridized carbons (Fsp3) is 0.562. The second kappa shape index (κ2) is 11.8.